The first-order chi connectivity index (χ1) is 15.1. The average Bonchev–Trinajstić information content (AvgIpc) is 3.33. The summed E-state index contributed by atoms with van der Waals surface area (Å²) in [5, 5.41) is 7.30. The lowest BCUT2D eigenvalue weighted by molar-refractivity contribution is -0.132. The monoisotopic (exact) mass is 423 g/mol. The van der Waals surface area contributed by atoms with E-state index in [0.717, 1.165) is 49.9 Å². The minimum Gasteiger partial charge on any atom is -0.342 e. The summed E-state index contributed by atoms with van der Waals surface area (Å²) in [6, 6.07) is 4.23. The summed E-state index contributed by atoms with van der Waals surface area (Å²) in [5.41, 5.74) is 2.69. The smallest absolute Gasteiger partial charge is 0.257 e. The standard InChI is InChI=1S/C24H33N5O2/c1-28(20-7-3-2-4-8-20)24(31)21-16-26-27-23(21)19-6-5-15-29(17-19)22(30)10-9-18-11-13-25-14-12-18/h11-14,16,19-20H,2-10,15,17H2,1H3,(H,26,27)/t19-/m0/s1. The zero-order valence-electron chi connectivity index (χ0n) is 18.4. The van der Waals surface area contributed by atoms with Crippen LogP contribution in [-0.4, -0.2) is 63.0 Å². The molecule has 2 aliphatic rings. The third-order valence-electron chi connectivity index (χ3n) is 6.90. The third-order valence-corrected chi connectivity index (χ3v) is 6.90. The maximum atomic E-state index is 13.2. The van der Waals surface area contributed by atoms with Gasteiger partial charge in [0, 0.05) is 50.9 Å². The summed E-state index contributed by atoms with van der Waals surface area (Å²) in [5.74, 6) is 0.352. The molecule has 1 atom stereocenters. The fraction of sp³-hybridized carbons (Fsp3) is 0.583. The lowest BCUT2D eigenvalue weighted by Crippen LogP contribution is -2.41. The normalized spacial score (nSPS) is 19.9. The molecule has 1 aliphatic heterocycles. The molecule has 0 spiro atoms. The number of rotatable bonds is 6. The highest BCUT2D eigenvalue weighted by Crippen LogP contribution is 2.30. The van der Waals surface area contributed by atoms with Crippen molar-refractivity contribution in [1.29, 1.82) is 0 Å². The number of aromatic nitrogens is 3. The van der Waals surface area contributed by atoms with Crippen molar-refractivity contribution in [2.75, 3.05) is 20.1 Å². The van der Waals surface area contributed by atoms with E-state index in [-0.39, 0.29) is 17.7 Å². The van der Waals surface area contributed by atoms with Crippen molar-refractivity contribution in [3.05, 3.63) is 47.5 Å². The predicted octanol–water partition coefficient (Wildman–Crippen LogP) is 3.55. The number of pyridine rings is 1. The van der Waals surface area contributed by atoms with Crippen molar-refractivity contribution >= 4 is 11.8 Å². The van der Waals surface area contributed by atoms with Gasteiger partial charge < -0.3 is 9.80 Å². The second-order valence-corrected chi connectivity index (χ2v) is 8.94. The molecule has 1 N–H and O–H groups in total. The molecule has 0 bridgehead atoms. The van der Waals surface area contributed by atoms with Crippen LogP contribution < -0.4 is 0 Å². The molecule has 2 amide bonds. The van der Waals surface area contributed by atoms with Crippen LogP contribution in [-0.2, 0) is 11.2 Å². The summed E-state index contributed by atoms with van der Waals surface area (Å²) < 4.78 is 0. The Labute approximate surface area is 184 Å². The van der Waals surface area contributed by atoms with E-state index in [1.807, 2.05) is 29.0 Å². The molecule has 1 aliphatic carbocycles. The van der Waals surface area contributed by atoms with Crippen LogP contribution in [0, 0.1) is 0 Å². The predicted molar refractivity (Wildman–Crippen MR) is 119 cm³/mol. The minimum absolute atomic E-state index is 0.0526. The molecule has 1 saturated heterocycles. The van der Waals surface area contributed by atoms with Gasteiger partial charge in [0.1, 0.15) is 0 Å². The summed E-state index contributed by atoms with van der Waals surface area (Å²) in [7, 11) is 1.92. The Hall–Kier alpha value is -2.70. The van der Waals surface area contributed by atoms with Gasteiger partial charge >= 0.3 is 0 Å². The Balaban J connectivity index is 1.39. The second-order valence-electron chi connectivity index (χ2n) is 8.94. The van der Waals surface area contributed by atoms with Crippen molar-refractivity contribution in [1.82, 2.24) is 25.0 Å². The molecule has 0 aromatic carbocycles. The molecule has 2 aromatic rings. The summed E-state index contributed by atoms with van der Waals surface area (Å²) in [6.07, 6.45) is 14.1. The zero-order chi connectivity index (χ0) is 21.6. The number of hydrogen-bond acceptors (Lipinski definition) is 4. The van der Waals surface area contributed by atoms with Gasteiger partial charge in [0.15, 0.2) is 0 Å². The van der Waals surface area contributed by atoms with Gasteiger partial charge in [-0.15, -0.1) is 0 Å². The van der Waals surface area contributed by atoms with Crippen molar-refractivity contribution in [3.8, 4) is 0 Å². The highest BCUT2D eigenvalue weighted by atomic mass is 16.2. The van der Waals surface area contributed by atoms with E-state index in [1.54, 1.807) is 18.6 Å². The van der Waals surface area contributed by atoms with Crippen molar-refractivity contribution in [2.45, 2.75) is 69.7 Å². The number of hydrogen-bond donors (Lipinski definition) is 1. The first-order valence-electron chi connectivity index (χ1n) is 11.6. The molecule has 7 heteroatoms. The number of aryl methyl sites for hydroxylation is 1. The van der Waals surface area contributed by atoms with Crippen LogP contribution in [0.4, 0.5) is 0 Å². The topological polar surface area (TPSA) is 82.2 Å². The van der Waals surface area contributed by atoms with Crippen LogP contribution in [0.5, 0.6) is 0 Å². The minimum atomic E-state index is 0.0526. The van der Waals surface area contributed by atoms with Gasteiger partial charge in [-0.05, 0) is 49.8 Å². The van der Waals surface area contributed by atoms with Crippen LogP contribution in [0.1, 0.15) is 78.9 Å². The Morgan fingerprint density at radius 2 is 1.90 bits per heavy atom. The largest absolute Gasteiger partial charge is 0.342 e. The second kappa shape index (κ2) is 10.1. The molecular weight excluding hydrogens is 390 g/mol. The van der Waals surface area contributed by atoms with E-state index in [0.29, 0.717) is 24.6 Å². The Morgan fingerprint density at radius 1 is 1.13 bits per heavy atom. The van der Waals surface area contributed by atoms with E-state index < -0.39 is 0 Å². The Bertz CT molecular complexity index is 875. The summed E-state index contributed by atoms with van der Waals surface area (Å²) in [4.78, 5) is 33.9. The van der Waals surface area contributed by atoms with E-state index in [2.05, 4.69) is 15.2 Å². The number of likely N-dealkylation sites (tertiary alicyclic amines) is 1. The number of nitrogens with one attached hydrogen (secondary N) is 1. The lowest BCUT2D eigenvalue weighted by Gasteiger charge is -2.34. The van der Waals surface area contributed by atoms with Crippen molar-refractivity contribution in [3.63, 3.8) is 0 Å². The zero-order valence-corrected chi connectivity index (χ0v) is 18.4. The van der Waals surface area contributed by atoms with Gasteiger partial charge in [-0.1, -0.05) is 19.3 Å². The van der Waals surface area contributed by atoms with Gasteiger partial charge in [-0.3, -0.25) is 19.7 Å². The van der Waals surface area contributed by atoms with E-state index in [1.165, 1.54) is 19.3 Å². The number of amides is 2. The van der Waals surface area contributed by atoms with E-state index in [9.17, 15) is 9.59 Å². The van der Waals surface area contributed by atoms with Crippen LogP contribution in [0.2, 0.25) is 0 Å². The summed E-state index contributed by atoms with van der Waals surface area (Å²) in [6.45, 7) is 1.43. The number of carbonyl (C=O) groups excluding carboxylic acids is 2. The Kier molecular flexibility index (Phi) is 6.99. The lowest BCUT2D eigenvalue weighted by atomic mass is 9.91. The first kappa shape index (κ1) is 21.5. The van der Waals surface area contributed by atoms with Crippen LogP contribution in [0.25, 0.3) is 0 Å². The molecule has 166 valence electrons. The number of carbonyl (C=O) groups is 2. The number of piperidine rings is 1. The molecule has 4 rings (SSSR count). The van der Waals surface area contributed by atoms with E-state index >= 15 is 0 Å². The molecule has 2 fully saturated rings. The summed E-state index contributed by atoms with van der Waals surface area (Å²) >= 11 is 0. The fourth-order valence-electron chi connectivity index (χ4n) is 5.00. The molecule has 0 unspecified atom stereocenters. The highest BCUT2D eigenvalue weighted by molar-refractivity contribution is 5.95. The quantitative estimate of drug-likeness (QED) is 0.770. The van der Waals surface area contributed by atoms with Crippen LogP contribution >= 0.6 is 0 Å². The fourth-order valence-corrected chi connectivity index (χ4v) is 5.00. The molecule has 7 nitrogen and oxygen atoms in total. The highest BCUT2D eigenvalue weighted by Gasteiger charge is 2.31. The van der Waals surface area contributed by atoms with Gasteiger partial charge in [0.2, 0.25) is 5.91 Å². The molecule has 0 radical (unpaired) electrons. The number of nitrogens with zero attached hydrogens (tertiary/aromatic N) is 4. The maximum absolute atomic E-state index is 13.2. The van der Waals surface area contributed by atoms with Gasteiger partial charge in [-0.2, -0.15) is 5.10 Å². The van der Waals surface area contributed by atoms with Gasteiger partial charge in [0.25, 0.3) is 5.91 Å². The van der Waals surface area contributed by atoms with Crippen LogP contribution in [0.15, 0.2) is 30.7 Å². The molecule has 3 heterocycles. The maximum Gasteiger partial charge on any atom is 0.257 e. The molecular formula is C24H33N5O2. The third kappa shape index (κ3) is 5.14. The number of aromatic amines is 1. The SMILES string of the molecule is CN(C(=O)c1cn[nH]c1[C@H]1CCCN(C(=O)CCc2ccncc2)C1)C1CCCCC1. The first-order valence-corrected chi connectivity index (χ1v) is 11.6. The van der Waals surface area contributed by atoms with Gasteiger partial charge in [-0.25, -0.2) is 0 Å². The molecule has 31 heavy (non-hydrogen) atoms. The van der Waals surface area contributed by atoms with Gasteiger partial charge in [0.05, 0.1) is 17.5 Å². The average molecular weight is 424 g/mol. The van der Waals surface area contributed by atoms with Crippen molar-refractivity contribution in [2.24, 2.45) is 0 Å². The van der Waals surface area contributed by atoms with Crippen LogP contribution in [0.3, 0.4) is 0 Å². The Morgan fingerprint density at radius 3 is 2.68 bits per heavy atom. The van der Waals surface area contributed by atoms with E-state index in [4.69, 9.17) is 0 Å². The van der Waals surface area contributed by atoms with Crippen molar-refractivity contribution < 1.29 is 9.59 Å². The molecule has 1 saturated carbocycles. The number of H-pyrrole nitrogens is 1. The molecule has 2 aromatic heterocycles.